The molecule has 0 saturated carbocycles. The summed E-state index contributed by atoms with van der Waals surface area (Å²) in [5.41, 5.74) is 3.06. The van der Waals surface area contributed by atoms with Crippen molar-refractivity contribution in [2.24, 2.45) is 0 Å². The standard InChI is InChI=1S/C24H21FN6O4/c1-35-21-8-13(23(32)31-11-16(12-31)27-24(33)34)2-4-18(21)29-22-10-26-9-20(30-22)19-7-14-6-15(25)3-5-17(14)28-19/h2-10,16,27-28H,11-12H2,1H3,(H,29,30)(H,33,34). The number of likely N-dealkylation sites (tertiary alicyclic amines) is 1. The van der Waals surface area contributed by atoms with Crippen molar-refractivity contribution >= 4 is 34.4 Å². The molecule has 5 rings (SSSR count). The van der Waals surface area contributed by atoms with Gasteiger partial charge in [0.1, 0.15) is 23.1 Å². The normalized spacial score (nSPS) is 13.4. The molecule has 0 unspecified atom stereocenters. The molecule has 11 heteroatoms. The minimum atomic E-state index is -1.11. The summed E-state index contributed by atoms with van der Waals surface area (Å²) in [5.74, 6) is 0.361. The predicted octanol–water partition coefficient (Wildman–Crippen LogP) is 3.61. The lowest BCUT2D eigenvalue weighted by atomic mass is 10.1. The number of carboxylic acid groups (broad SMARTS) is 1. The van der Waals surface area contributed by atoms with Gasteiger partial charge in [-0.25, -0.2) is 14.2 Å². The number of benzene rings is 2. The van der Waals surface area contributed by atoms with Crippen molar-refractivity contribution in [2.75, 3.05) is 25.5 Å². The zero-order valence-electron chi connectivity index (χ0n) is 18.6. The second kappa shape index (κ2) is 8.93. The van der Waals surface area contributed by atoms with Gasteiger partial charge in [-0.3, -0.25) is 9.78 Å². The van der Waals surface area contributed by atoms with Crippen LogP contribution < -0.4 is 15.4 Å². The van der Waals surface area contributed by atoms with E-state index in [-0.39, 0.29) is 17.8 Å². The Morgan fingerprint density at radius 3 is 2.77 bits per heavy atom. The number of nitrogens with zero attached hydrogens (tertiary/aromatic N) is 3. The van der Waals surface area contributed by atoms with Crippen LogP contribution in [-0.4, -0.2) is 63.2 Å². The molecule has 1 saturated heterocycles. The quantitative estimate of drug-likeness (QED) is 0.334. The minimum Gasteiger partial charge on any atom is -0.495 e. The number of carbonyl (C=O) groups excluding carboxylic acids is 1. The molecule has 4 aromatic rings. The number of fused-ring (bicyclic) bond motifs is 1. The Balaban J connectivity index is 1.33. The summed E-state index contributed by atoms with van der Waals surface area (Å²) in [5, 5.41) is 15.0. The van der Waals surface area contributed by atoms with Crippen molar-refractivity contribution in [1.29, 1.82) is 0 Å². The van der Waals surface area contributed by atoms with E-state index in [0.29, 0.717) is 47.3 Å². The Morgan fingerprint density at radius 1 is 1.17 bits per heavy atom. The molecule has 0 aliphatic carbocycles. The lowest BCUT2D eigenvalue weighted by Crippen LogP contribution is -2.60. The average Bonchev–Trinajstić information content (AvgIpc) is 3.24. The van der Waals surface area contributed by atoms with Gasteiger partial charge in [0, 0.05) is 29.6 Å². The number of halogens is 1. The lowest BCUT2D eigenvalue weighted by molar-refractivity contribution is 0.0564. The van der Waals surface area contributed by atoms with Crippen molar-refractivity contribution in [3.63, 3.8) is 0 Å². The highest BCUT2D eigenvalue weighted by atomic mass is 19.1. The van der Waals surface area contributed by atoms with E-state index in [1.807, 2.05) is 0 Å². The number of ether oxygens (including phenoxy) is 1. The number of nitrogens with one attached hydrogen (secondary N) is 3. The van der Waals surface area contributed by atoms with Crippen LogP contribution in [0.3, 0.4) is 0 Å². The number of carbonyl (C=O) groups is 2. The molecule has 1 aliphatic heterocycles. The first-order valence-electron chi connectivity index (χ1n) is 10.7. The van der Waals surface area contributed by atoms with Gasteiger partial charge in [-0.1, -0.05) is 0 Å². The fraction of sp³-hybridized carbons (Fsp3) is 0.167. The van der Waals surface area contributed by atoms with Crippen LogP contribution in [0.4, 0.5) is 20.7 Å². The van der Waals surface area contributed by atoms with Gasteiger partial charge >= 0.3 is 6.09 Å². The predicted molar refractivity (Wildman–Crippen MR) is 126 cm³/mol. The highest BCUT2D eigenvalue weighted by Gasteiger charge is 2.32. The van der Waals surface area contributed by atoms with Gasteiger partial charge in [-0.05, 0) is 42.5 Å². The van der Waals surface area contributed by atoms with Gasteiger partial charge in [0.15, 0.2) is 0 Å². The fourth-order valence-corrected chi connectivity index (χ4v) is 3.96. The highest BCUT2D eigenvalue weighted by molar-refractivity contribution is 5.96. The summed E-state index contributed by atoms with van der Waals surface area (Å²) >= 11 is 0. The first-order chi connectivity index (χ1) is 16.9. The third kappa shape index (κ3) is 4.56. The molecule has 1 fully saturated rings. The summed E-state index contributed by atoms with van der Waals surface area (Å²) in [6, 6.07) is 11.0. The number of aromatic nitrogens is 3. The second-order valence-corrected chi connectivity index (χ2v) is 8.10. The van der Waals surface area contributed by atoms with Crippen LogP contribution in [0, 0.1) is 5.82 Å². The molecule has 2 aromatic carbocycles. The molecule has 10 nitrogen and oxygen atoms in total. The SMILES string of the molecule is COc1cc(C(=O)N2CC(NC(=O)O)C2)ccc1Nc1cncc(-c2cc3cc(F)ccc3[nH]2)n1. The van der Waals surface area contributed by atoms with Crippen LogP contribution in [0.5, 0.6) is 5.75 Å². The molecular weight excluding hydrogens is 455 g/mol. The van der Waals surface area contributed by atoms with Gasteiger partial charge in [-0.2, -0.15) is 0 Å². The van der Waals surface area contributed by atoms with E-state index in [1.54, 1.807) is 47.6 Å². The number of methoxy groups -OCH3 is 1. The number of hydrogen-bond acceptors (Lipinski definition) is 6. The molecule has 178 valence electrons. The van der Waals surface area contributed by atoms with Crippen molar-refractivity contribution in [3.8, 4) is 17.1 Å². The van der Waals surface area contributed by atoms with Gasteiger partial charge in [0.2, 0.25) is 0 Å². The third-order valence-corrected chi connectivity index (χ3v) is 5.70. The molecule has 0 atom stereocenters. The van der Waals surface area contributed by atoms with Crippen molar-refractivity contribution < 1.29 is 23.8 Å². The van der Waals surface area contributed by atoms with Crippen molar-refractivity contribution in [2.45, 2.75) is 6.04 Å². The largest absolute Gasteiger partial charge is 0.495 e. The van der Waals surface area contributed by atoms with Crippen LogP contribution in [0.1, 0.15) is 10.4 Å². The topological polar surface area (TPSA) is 132 Å². The molecule has 35 heavy (non-hydrogen) atoms. The fourth-order valence-electron chi connectivity index (χ4n) is 3.96. The molecule has 0 bridgehead atoms. The summed E-state index contributed by atoms with van der Waals surface area (Å²) < 4.78 is 19.0. The van der Waals surface area contributed by atoms with Crippen LogP contribution in [0.25, 0.3) is 22.3 Å². The molecule has 0 radical (unpaired) electrons. The van der Waals surface area contributed by atoms with Gasteiger partial charge in [-0.15, -0.1) is 0 Å². The Bertz CT molecular complexity index is 1430. The summed E-state index contributed by atoms with van der Waals surface area (Å²) in [4.78, 5) is 37.0. The summed E-state index contributed by atoms with van der Waals surface area (Å²) in [7, 11) is 1.50. The van der Waals surface area contributed by atoms with E-state index in [1.165, 1.54) is 19.2 Å². The highest BCUT2D eigenvalue weighted by Crippen LogP contribution is 2.30. The number of hydrogen-bond donors (Lipinski definition) is 4. The molecule has 0 spiro atoms. The maximum atomic E-state index is 13.5. The van der Waals surface area contributed by atoms with Crippen LogP contribution in [0.2, 0.25) is 0 Å². The molecule has 2 amide bonds. The first-order valence-corrected chi connectivity index (χ1v) is 10.7. The zero-order chi connectivity index (χ0) is 24.5. The maximum Gasteiger partial charge on any atom is 0.405 e. The summed E-state index contributed by atoms with van der Waals surface area (Å²) in [6.45, 7) is 0.631. The Kier molecular flexibility index (Phi) is 5.65. The van der Waals surface area contributed by atoms with Crippen molar-refractivity contribution in [3.05, 3.63) is 66.2 Å². The summed E-state index contributed by atoms with van der Waals surface area (Å²) in [6.07, 6.45) is 2.05. The monoisotopic (exact) mass is 476 g/mol. The molecule has 1 aliphatic rings. The average molecular weight is 476 g/mol. The third-order valence-electron chi connectivity index (χ3n) is 5.70. The second-order valence-electron chi connectivity index (χ2n) is 8.10. The van der Waals surface area contributed by atoms with Gasteiger partial charge < -0.3 is 30.4 Å². The minimum absolute atomic E-state index is 0.213. The molecule has 3 heterocycles. The smallest absolute Gasteiger partial charge is 0.405 e. The lowest BCUT2D eigenvalue weighted by Gasteiger charge is -2.38. The van der Waals surface area contributed by atoms with E-state index >= 15 is 0 Å². The number of H-pyrrole nitrogens is 1. The number of rotatable bonds is 6. The van der Waals surface area contributed by atoms with Gasteiger partial charge in [0.05, 0.1) is 36.9 Å². The van der Waals surface area contributed by atoms with E-state index in [2.05, 4.69) is 25.6 Å². The molecular formula is C24H21FN6O4. The van der Waals surface area contributed by atoms with E-state index in [4.69, 9.17) is 9.84 Å². The number of anilines is 2. The number of amides is 2. The van der Waals surface area contributed by atoms with Crippen LogP contribution >= 0.6 is 0 Å². The Morgan fingerprint density at radius 2 is 2.00 bits per heavy atom. The van der Waals surface area contributed by atoms with E-state index < -0.39 is 6.09 Å². The zero-order valence-corrected chi connectivity index (χ0v) is 18.6. The van der Waals surface area contributed by atoms with Crippen LogP contribution in [0.15, 0.2) is 54.9 Å². The van der Waals surface area contributed by atoms with Gasteiger partial charge in [0.25, 0.3) is 5.91 Å². The Hall–Kier alpha value is -4.67. The molecule has 2 aromatic heterocycles. The first kappa shape index (κ1) is 22.1. The van der Waals surface area contributed by atoms with Crippen LogP contribution in [-0.2, 0) is 0 Å². The maximum absolute atomic E-state index is 13.5. The number of aromatic amines is 1. The van der Waals surface area contributed by atoms with E-state index in [0.717, 1.165) is 10.9 Å². The van der Waals surface area contributed by atoms with E-state index in [9.17, 15) is 14.0 Å². The van der Waals surface area contributed by atoms with Crippen molar-refractivity contribution in [1.82, 2.24) is 25.2 Å². The molecule has 4 N–H and O–H groups in total. The Labute approximate surface area is 198 Å².